The van der Waals surface area contributed by atoms with Crippen molar-refractivity contribution in [2.45, 2.75) is 6.54 Å². The highest BCUT2D eigenvalue weighted by Crippen LogP contribution is 2.16. The van der Waals surface area contributed by atoms with Crippen molar-refractivity contribution in [3.63, 3.8) is 0 Å². The quantitative estimate of drug-likeness (QED) is 0.814. The molecule has 5 nitrogen and oxygen atoms in total. The van der Waals surface area contributed by atoms with Crippen molar-refractivity contribution in [1.82, 2.24) is 0 Å². The first-order valence-corrected chi connectivity index (χ1v) is 5.50. The predicted octanol–water partition coefficient (Wildman–Crippen LogP) is 1.76. The second kappa shape index (κ2) is 5.77. The van der Waals surface area contributed by atoms with Crippen LogP contribution in [0.5, 0.6) is 5.75 Å². The van der Waals surface area contributed by atoms with Crippen LogP contribution < -0.4 is 15.8 Å². The molecule has 0 saturated carbocycles. The number of rotatable bonds is 6. The number of hydrogen-bond donors (Lipinski definition) is 2. The van der Waals surface area contributed by atoms with Gasteiger partial charge in [-0.2, -0.15) is 0 Å². The Hall–Kier alpha value is -2.43. The van der Waals surface area contributed by atoms with Crippen LogP contribution >= 0.6 is 0 Å². The zero-order valence-corrected chi connectivity index (χ0v) is 9.76. The largest absolute Gasteiger partial charge is 0.484 e. The number of anilines is 1. The maximum absolute atomic E-state index is 10.5. The fourth-order valence-electron chi connectivity index (χ4n) is 1.42. The van der Waals surface area contributed by atoms with Gasteiger partial charge in [0.2, 0.25) is 0 Å². The van der Waals surface area contributed by atoms with Gasteiger partial charge in [0.05, 0.1) is 12.5 Å². The molecule has 0 saturated heterocycles. The number of primary amides is 1. The molecule has 0 atom stereocenters. The molecule has 0 spiro atoms. The lowest BCUT2D eigenvalue weighted by molar-refractivity contribution is -0.119. The van der Waals surface area contributed by atoms with E-state index in [0.29, 0.717) is 12.3 Å². The highest BCUT2D eigenvalue weighted by molar-refractivity contribution is 5.75. The number of furan rings is 1. The summed E-state index contributed by atoms with van der Waals surface area (Å²) < 4.78 is 10.1. The Morgan fingerprint density at radius 2 is 2.06 bits per heavy atom. The lowest BCUT2D eigenvalue weighted by Crippen LogP contribution is -2.19. The third-order valence-electron chi connectivity index (χ3n) is 2.31. The van der Waals surface area contributed by atoms with Gasteiger partial charge in [0.1, 0.15) is 5.75 Å². The van der Waals surface area contributed by atoms with E-state index in [2.05, 4.69) is 5.32 Å². The molecule has 2 aromatic rings. The van der Waals surface area contributed by atoms with Gasteiger partial charge < -0.3 is 20.2 Å². The van der Waals surface area contributed by atoms with Gasteiger partial charge in [0, 0.05) is 17.8 Å². The first-order valence-electron chi connectivity index (χ1n) is 5.50. The van der Waals surface area contributed by atoms with Gasteiger partial charge in [0.25, 0.3) is 5.91 Å². The maximum Gasteiger partial charge on any atom is 0.255 e. The second-order valence-electron chi connectivity index (χ2n) is 3.76. The lowest BCUT2D eigenvalue weighted by atomic mass is 10.3. The summed E-state index contributed by atoms with van der Waals surface area (Å²) in [4.78, 5) is 10.5. The van der Waals surface area contributed by atoms with E-state index in [1.165, 1.54) is 0 Å². The van der Waals surface area contributed by atoms with Crippen LogP contribution in [0.4, 0.5) is 5.69 Å². The number of hydrogen-bond acceptors (Lipinski definition) is 4. The number of carbonyl (C=O) groups excluding carboxylic acids is 1. The number of amides is 1. The van der Waals surface area contributed by atoms with E-state index in [-0.39, 0.29) is 6.61 Å². The molecule has 0 fully saturated rings. The molecule has 2 rings (SSSR count). The SMILES string of the molecule is NC(=O)COc1ccc(NCc2ccoc2)cc1. The Morgan fingerprint density at radius 1 is 1.28 bits per heavy atom. The van der Waals surface area contributed by atoms with Gasteiger partial charge in [-0.3, -0.25) is 4.79 Å². The van der Waals surface area contributed by atoms with Crippen LogP contribution in [0, 0.1) is 0 Å². The average Bonchev–Trinajstić information content (AvgIpc) is 2.88. The minimum Gasteiger partial charge on any atom is -0.484 e. The third-order valence-corrected chi connectivity index (χ3v) is 2.31. The summed E-state index contributed by atoms with van der Waals surface area (Å²) in [5.74, 6) is 0.125. The Balaban J connectivity index is 1.85. The van der Waals surface area contributed by atoms with Crippen molar-refractivity contribution < 1.29 is 13.9 Å². The van der Waals surface area contributed by atoms with Crippen LogP contribution in [0.1, 0.15) is 5.56 Å². The fraction of sp³-hybridized carbons (Fsp3) is 0.154. The molecule has 0 aliphatic heterocycles. The molecule has 0 aliphatic rings. The van der Waals surface area contributed by atoms with Crippen LogP contribution in [0.25, 0.3) is 0 Å². The Kier molecular flexibility index (Phi) is 3.86. The van der Waals surface area contributed by atoms with E-state index in [1.54, 1.807) is 24.7 Å². The molecular weight excluding hydrogens is 232 g/mol. The van der Waals surface area contributed by atoms with E-state index >= 15 is 0 Å². The summed E-state index contributed by atoms with van der Waals surface area (Å²) in [5.41, 5.74) is 7.02. The number of benzene rings is 1. The number of nitrogens with one attached hydrogen (secondary N) is 1. The predicted molar refractivity (Wildman–Crippen MR) is 67.2 cm³/mol. The van der Waals surface area contributed by atoms with Gasteiger partial charge in [-0.05, 0) is 30.3 Å². The summed E-state index contributed by atoms with van der Waals surface area (Å²) in [6.45, 7) is 0.583. The van der Waals surface area contributed by atoms with Crippen LogP contribution in [-0.2, 0) is 11.3 Å². The molecule has 1 amide bonds. The Morgan fingerprint density at radius 3 is 2.67 bits per heavy atom. The molecule has 1 aromatic heterocycles. The third kappa shape index (κ3) is 3.55. The first kappa shape index (κ1) is 12.0. The molecule has 0 bridgehead atoms. The lowest BCUT2D eigenvalue weighted by Gasteiger charge is -2.07. The van der Waals surface area contributed by atoms with Gasteiger partial charge in [-0.25, -0.2) is 0 Å². The van der Waals surface area contributed by atoms with Crippen molar-refractivity contribution in [2.24, 2.45) is 5.73 Å². The molecule has 5 heteroatoms. The molecule has 0 radical (unpaired) electrons. The smallest absolute Gasteiger partial charge is 0.255 e. The second-order valence-corrected chi connectivity index (χ2v) is 3.76. The van der Waals surface area contributed by atoms with Crippen LogP contribution in [-0.4, -0.2) is 12.5 Å². The molecule has 18 heavy (non-hydrogen) atoms. The molecule has 1 heterocycles. The minimum absolute atomic E-state index is 0.109. The summed E-state index contributed by atoms with van der Waals surface area (Å²) in [6.07, 6.45) is 3.33. The van der Waals surface area contributed by atoms with E-state index in [4.69, 9.17) is 14.9 Å². The molecule has 94 valence electrons. The monoisotopic (exact) mass is 246 g/mol. The first-order chi connectivity index (χ1) is 8.74. The molecule has 1 aromatic carbocycles. The molecule has 3 N–H and O–H groups in total. The summed E-state index contributed by atoms with van der Waals surface area (Å²) in [6, 6.07) is 9.20. The zero-order valence-electron chi connectivity index (χ0n) is 9.76. The minimum atomic E-state index is -0.489. The van der Waals surface area contributed by atoms with Crippen LogP contribution in [0.2, 0.25) is 0 Å². The van der Waals surface area contributed by atoms with Gasteiger partial charge in [-0.15, -0.1) is 0 Å². The molecule has 0 unspecified atom stereocenters. The van der Waals surface area contributed by atoms with Crippen molar-refractivity contribution >= 4 is 11.6 Å². The summed E-state index contributed by atoms with van der Waals surface area (Å²) >= 11 is 0. The van der Waals surface area contributed by atoms with Crippen molar-refractivity contribution in [3.8, 4) is 5.75 Å². The van der Waals surface area contributed by atoms with Crippen molar-refractivity contribution in [2.75, 3.05) is 11.9 Å². The van der Waals surface area contributed by atoms with Gasteiger partial charge in [0.15, 0.2) is 6.61 Å². The fourth-order valence-corrected chi connectivity index (χ4v) is 1.42. The zero-order chi connectivity index (χ0) is 12.8. The Labute approximate surface area is 105 Å². The van der Waals surface area contributed by atoms with Crippen molar-refractivity contribution in [1.29, 1.82) is 0 Å². The van der Waals surface area contributed by atoms with Gasteiger partial charge in [-0.1, -0.05) is 0 Å². The normalized spacial score (nSPS) is 10.0. The standard InChI is InChI=1S/C13H14N2O3/c14-13(16)9-18-12-3-1-11(2-4-12)15-7-10-5-6-17-8-10/h1-6,8,15H,7,9H2,(H2,14,16). The number of ether oxygens (including phenoxy) is 1. The van der Waals surface area contributed by atoms with Gasteiger partial charge >= 0.3 is 0 Å². The Bertz CT molecular complexity index is 491. The van der Waals surface area contributed by atoms with Crippen LogP contribution in [0.3, 0.4) is 0 Å². The van der Waals surface area contributed by atoms with E-state index < -0.39 is 5.91 Å². The van der Waals surface area contributed by atoms with Crippen molar-refractivity contribution in [3.05, 3.63) is 48.4 Å². The molecular formula is C13H14N2O3. The van der Waals surface area contributed by atoms with Crippen LogP contribution in [0.15, 0.2) is 47.3 Å². The van der Waals surface area contributed by atoms with E-state index in [9.17, 15) is 4.79 Å². The summed E-state index contributed by atoms with van der Waals surface area (Å²) in [7, 11) is 0. The number of nitrogens with two attached hydrogens (primary N) is 1. The average molecular weight is 246 g/mol. The number of carbonyl (C=O) groups is 1. The highest BCUT2D eigenvalue weighted by Gasteiger charge is 1.99. The van der Waals surface area contributed by atoms with E-state index in [1.807, 2.05) is 18.2 Å². The maximum atomic E-state index is 10.5. The summed E-state index contributed by atoms with van der Waals surface area (Å²) in [5, 5.41) is 3.23. The topological polar surface area (TPSA) is 77.5 Å². The van der Waals surface area contributed by atoms with E-state index in [0.717, 1.165) is 11.3 Å². The highest BCUT2D eigenvalue weighted by atomic mass is 16.5. The molecule has 0 aliphatic carbocycles.